The molecule has 2 atom stereocenters. The third-order valence-corrected chi connectivity index (χ3v) is 5.20. The molecule has 8 heteroatoms. The van der Waals surface area contributed by atoms with E-state index in [9.17, 15) is 4.79 Å². The summed E-state index contributed by atoms with van der Waals surface area (Å²) in [6.45, 7) is 2.10. The van der Waals surface area contributed by atoms with Crippen LogP contribution in [0.15, 0.2) is 42.7 Å². The van der Waals surface area contributed by atoms with E-state index < -0.39 is 0 Å². The smallest absolute Gasteiger partial charge is 0.290 e. The molecule has 2 aromatic rings. The molecule has 0 unspecified atom stereocenters. The fourth-order valence-electron chi connectivity index (χ4n) is 3.64. The Morgan fingerprint density at radius 2 is 2.00 bits per heavy atom. The van der Waals surface area contributed by atoms with Gasteiger partial charge in [0.25, 0.3) is 6.47 Å². The Kier molecular flexibility index (Phi) is 8.82. The first-order valence-corrected chi connectivity index (χ1v) is 9.74. The molecule has 0 spiro atoms. The molecule has 3 rings (SSSR count). The van der Waals surface area contributed by atoms with E-state index in [-0.39, 0.29) is 18.3 Å². The molecule has 0 bridgehead atoms. The van der Waals surface area contributed by atoms with Gasteiger partial charge in [0.1, 0.15) is 0 Å². The molecule has 1 aliphatic heterocycles. The highest BCUT2D eigenvalue weighted by molar-refractivity contribution is 5.79. The molecule has 1 aromatic carbocycles. The number of carboxylic acid groups (broad SMARTS) is 1. The molecule has 0 aliphatic carbocycles. The van der Waals surface area contributed by atoms with Crippen molar-refractivity contribution in [1.82, 2.24) is 24.9 Å². The van der Waals surface area contributed by atoms with Crippen LogP contribution in [0.25, 0.3) is 5.69 Å². The van der Waals surface area contributed by atoms with Gasteiger partial charge in [-0.05, 0) is 51.7 Å². The zero-order chi connectivity index (χ0) is 21.2. The number of benzene rings is 1. The number of aromatic nitrogens is 2. The van der Waals surface area contributed by atoms with Crippen LogP contribution in [0.1, 0.15) is 18.4 Å². The summed E-state index contributed by atoms with van der Waals surface area (Å²) in [5.74, 6) is 0.188. The maximum Gasteiger partial charge on any atom is 0.290 e. The van der Waals surface area contributed by atoms with Crippen molar-refractivity contribution in [3.63, 3.8) is 0 Å². The van der Waals surface area contributed by atoms with Gasteiger partial charge >= 0.3 is 0 Å². The van der Waals surface area contributed by atoms with Crippen LogP contribution < -0.4 is 5.32 Å². The first-order valence-electron chi connectivity index (χ1n) is 9.74. The predicted octanol–water partition coefficient (Wildman–Crippen LogP) is 1.46. The van der Waals surface area contributed by atoms with Crippen molar-refractivity contribution >= 4 is 12.4 Å². The van der Waals surface area contributed by atoms with Gasteiger partial charge in [0.15, 0.2) is 0 Å². The van der Waals surface area contributed by atoms with E-state index in [1.54, 1.807) is 6.20 Å². The van der Waals surface area contributed by atoms with E-state index in [2.05, 4.69) is 41.4 Å². The average Bonchev–Trinajstić information content (AvgIpc) is 3.15. The quantitative estimate of drug-likeness (QED) is 0.738. The molecule has 1 aliphatic rings. The molecule has 0 saturated carbocycles. The Morgan fingerprint density at radius 1 is 1.28 bits per heavy atom. The summed E-state index contributed by atoms with van der Waals surface area (Å²) in [6, 6.07) is 10.5. The van der Waals surface area contributed by atoms with Crippen molar-refractivity contribution < 1.29 is 14.7 Å². The molecule has 2 heterocycles. The van der Waals surface area contributed by atoms with Gasteiger partial charge in [-0.15, -0.1) is 0 Å². The van der Waals surface area contributed by atoms with Gasteiger partial charge < -0.3 is 20.2 Å². The number of likely N-dealkylation sites (tertiary alicyclic amines) is 1. The number of rotatable bonds is 5. The number of hydrogen-bond acceptors (Lipinski definition) is 5. The van der Waals surface area contributed by atoms with Crippen molar-refractivity contribution in [2.24, 2.45) is 5.92 Å². The lowest BCUT2D eigenvalue weighted by atomic mass is 10.0. The molecule has 1 fully saturated rings. The van der Waals surface area contributed by atoms with Crippen molar-refractivity contribution in [3.05, 3.63) is 48.3 Å². The first kappa shape index (κ1) is 22.6. The van der Waals surface area contributed by atoms with E-state index in [0.717, 1.165) is 37.2 Å². The van der Waals surface area contributed by atoms with Gasteiger partial charge in [0.05, 0.1) is 11.6 Å². The van der Waals surface area contributed by atoms with Crippen LogP contribution in [0.2, 0.25) is 0 Å². The number of nitrogens with one attached hydrogen (secondary N) is 1. The second-order valence-electron chi connectivity index (χ2n) is 7.52. The van der Waals surface area contributed by atoms with Crippen LogP contribution in [-0.2, 0) is 16.1 Å². The molecule has 1 saturated heterocycles. The molecule has 158 valence electrons. The monoisotopic (exact) mass is 401 g/mol. The highest BCUT2D eigenvalue weighted by Gasteiger charge is 2.27. The molecular formula is C21H31N5O3. The maximum atomic E-state index is 12.8. The SMILES string of the molecule is CN1C[C@H](C(=O)NCc2ccccc2-n2cccn2)CC[C@H](N(C)C)C1.O=CO. The molecule has 0 radical (unpaired) electrons. The Labute approximate surface area is 172 Å². The molecule has 1 aromatic heterocycles. The predicted molar refractivity (Wildman–Crippen MR) is 112 cm³/mol. The van der Waals surface area contributed by atoms with Gasteiger partial charge in [-0.1, -0.05) is 18.2 Å². The number of likely N-dealkylation sites (N-methyl/N-ethyl adjacent to an activating group) is 2. The highest BCUT2D eigenvalue weighted by Crippen LogP contribution is 2.19. The van der Waals surface area contributed by atoms with Gasteiger partial charge in [0.2, 0.25) is 5.91 Å². The Bertz CT molecular complexity index is 763. The Morgan fingerprint density at radius 3 is 2.66 bits per heavy atom. The molecule has 8 nitrogen and oxygen atoms in total. The summed E-state index contributed by atoms with van der Waals surface area (Å²) in [5, 5.41) is 14.3. The second kappa shape index (κ2) is 11.3. The summed E-state index contributed by atoms with van der Waals surface area (Å²) in [6.07, 6.45) is 5.67. The van der Waals surface area contributed by atoms with Gasteiger partial charge in [-0.3, -0.25) is 9.59 Å². The lowest BCUT2D eigenvalue weighted by Crippen LogP contribution is -2.39. The third kappa shape index (κ3) is 6.69. The normalized spacial score (nSPS) is 19.7. The summed E-state index contributed by atoms with van der Waals surface area (Å²) < 4.78 is 1.84. The van der Waals surface area contributed by atoms with E-state index in [1.165, 1.54) is 0 Å². The molecule has 2 N–H and O–H groups in total. The number of hydrogen-bond donors (Lipinski definition) is 2. The molecule has 29 heavy (non-hydrogen) atoms. The average molecular weight is 402 g/mol. The van der Waals surface area contributed by atoms with Crippen molar-refractivity contribution in [2.75, 3.05) is 34.2 Å². The minimum atomic E-state index is -0.250. The van der Waals surface area contributed by atoms with Gasteiger partial charge in [0, 0.05) is 38.1 Å². The summed E-state index contributed by atoms with van der Waals surface area (Å²) >= 11 is 0. The fourth-order valence-corrected chi connectivity index (χ4v) is 3.64. The minimum Gasteiger partial charge on any atom is -0.483 e. The number of para-hydroxylation sites is 1. The first-order chi connectivity index (χ1) is 14.0. The van der Waals surface area contributed by atoms with Crippen molar-refractivity contribution in [2.45, 2.75) is 25.4 Å². The topological polar surface area (TPSA) is 90.7 Å². The van der Waals surface area contributed by atoms with Crippen molar-refractivity contribution in [3.8, 4) is 5.69 Å². The van der Waals surface area contributed by atoms with Crippen LogP contribution in [-0.4, -0.2) is 77.3 Å². The minimum absolute atomic E-state index is 0.0433. The molecular weight excluding hydrogens is 370 g/mol. The standard InChI is InChI=1S/C20H29N5O.CH2O2/c1-23(2)18-10-9-17(14-24(3)15-18)20(26)21-13-16-7-4-5-8-19(16)25-12-6-11-22-25;2-1-3/h4-8,11-12,17-18H,9-10,13-15H2,1-3H3,(H,21,26);1H,(H,2,3)/t17-,18+;/m1./s1. The number of carbonyl (C=O) groups is 2. The largest absolute Gasteiger partial charge is 0.483 e. The second-order valence-corrected chi connectivity index (χ2v) is 7.52. The lowest BCUT2D eigenvalue weighted by Gasteiger charge is -2.25. The van der Waals surface area contributed by atoms with Gasteiger partial charge in [-0.2, -0.15) is 5.10 Å². The molecule has 1 amide bonds. The van der Waals surface area contributed by atoms with Crippen LogP contribution in [0.5, 0.6) is 0 Å². The van der Waals surface area contributed by atoms with Crippen LogP contribution in [0.4, 0.5) is 0 Å². The van der Waals surface area contributed by atoms with E-state index >= 15 is 0 Å². The Balaban J connectivity index is 0.000000941. The summed E-state index contributed by atoms with van der Waals surface area (Å²) in [5.41, 5.74) is 2.07. The number of carbonyl (C=O) groups excluding carboxylic acids is 1. The van der Waals surface area contributed by atoms with E-state index in [1.807, 2.05) is 41.2 Å². The summed E-state index contributed by atoms with van der Waals surface area (Å²) in [4.78, 5) is 25.7. The van der Waals surface area contributed by atoms with Gasteiger partial charge in [-0.25, -0.2) is 4.68 Å². The highest BCUT2D eigenvalue weighted by atomic mass is 16.3. The number of amides is 1. The van der Waals surface area contributed by atoms with Crippen LogP contribution in [0.3, 0.4) is 0 Å². The van der Waals surface area contributed by atoms with Crippen LogP contribution >= 0.6 is 0 Å². The Hall–Kier alpha value is -2.71. The lowest BCUT2D eigenvalue weighted by molar-refractivity contribution is -0.126. The summed E-state index contributed by atoms with van der Waals surface area (Å²) in [7, 11) is 6.34. The van der Waals surface area contributed by atoms with Crippen molar-refractivity contribution in [1.29, 1.82) is 0 Å². The zero-order valence-corrected chi connectivity index (χ0v) is 17.4. The zero-order valence-electron chi connectivity index (χ0n) is 17.4. The third-order valence-electron chi connectivity index (χ3n) is 5.20. The van der Waals surface area contributed by atoms with Crippen LogP contribution in [0, 0.1) is 5.92 Å². The number of nitrogens with zero attached hydrogens (tertiary/aromatic N) is 4. The fraction of sp³-hybridized carbons (Fsp3) is 0.476. The van der Waals surface area contributed by atoms with E-state index in [0.29, 0.717) is 12.6 Å². The van der Waals surface area contributed by atoms with E-state index in [4.69, 9.17) is 9.90 Å². The maximum absolute atomic E-state index is 12.8.